The van der Waals surface area contributed by atoms with Crippen molar-refractivity contribution in [3.63, 3.8) is 0 Å². The van der Waals surface area contributed by atoms with E-state index in [4.69, 9.17) is 9.47 Å². The number of carbonyl (C=O) groups excluding carboxylic acids is 1. The second-order valence-corrected chi connectivity index (χ2v) is 8.11. The van der Waals surface area contributed by atoms with E-state index in [2.05, 4.69) is 33.4 Å². The number of ether oxygens (including phenoxy) is 2. The van der Waals surface area contributed by atoms with Crippen LogP contribution in [-0.2, 0) is 17.6 Å². The Bertz CT molecular complexity index is 1320. The lowest BCUT2D eigenvalue weighted by molar-refractivity contribution is -0.116. The van der Waals surface area contributed by atoms with Gasteiger partial charge in [0.15, 0.2) is 5.82 Å². The summed E-state index contributed by atoms with van der Waals surface area (Å²) < 4.78 is 12.5. The van der Waals surface area contributed by atoms with Gasteiger partial charge in [0.1, 0.15) is 11.5 Å². The Labute approximate surface area is 199 Å². The Hall–Kier alpha value is -3.94. The third-order valence-electron chi connectivity index (χ3n) is 5.88. The van der Waals surface area contributed by atoms with Gasteiger partial charge in [0.05, 0.1) is 14.2 Å². The van der Waals surface area contributed by atoms with Crippen LogP contribution in [0.15, 0.2) is 42.5 Å². The van der Waals surface area contributed by atoms with Crippen molar-refractivity contribution in [2.24, 2.45) is 0 Å². The van der Waals surface area contributed by atoms with Crippen LogP contribution in [0.2, 0.25) is 0 Å². The monoisotopic (exact) mass is 459 g/mol. The zero-order valence-electron chi connectivity index (χ0n) is 20.2. The number of amides is 1. The fraction of sp³-hybridized carbons (Fsp3) is 0.308. The van der Waals surface area contributed by atoms with Gasteiger partial charge in [-0.25, -0.2) is 9.50 Å². The summed E-state index contributed by atoms with van der Waals surface area (Å²) in [4.78, 5) is 21.9. The van der Waals surface area contributed by atoms with Gasteiger partial charge in [0, 0.05) is 35.1 Å². The van der Waals surface area contributed by atoms with Crippen LogP contribution >= 0.6 is 0 Å². The molecule has 8 heteroatoms. The first kappa shape index (κ1) is 23.2. The van der Waals surface area contributed by atoms with E-state index in [0.717, 1.165) is 34.6 Å². The van der Waals surface area contributed by atoms with E-state index < -0.39 is 0 Å². The lowest BCUT2D eigenvalue weighted by Crippen LogP contribution is -2.14. The predicted octanol–water partition coefficient (Wildman–Crippen LogP) is 4.56. The topological polar surface area (TPSA) is 90.6 Å². The zero-order chi connectivity index (χ0) is 24.2. The predicted molar refractivity (Wildman–Crippen MR) is 132 cm³/mol. The van der Waals surface area contributed by atoms with E-state index in [9.17, 15) is 4.79 Å². The number of aryl methyl sites for hydroxylation is 3. The number of hydrogen-bond acceptors (Lipinski definition) is 6. The largest absolute Gasteiger partial charge is 0.497 e. The molecule has 4 rings (SSSR count). The van der Waals surface area contributed by atoms with Gasteiger partial charge < -0.3 is 14.8 Å². The molecular formula is C26H29N5O3. The maximum Gasteiger partial charge on any atom is 0.253 e. The Morgan fingerprint density at radius 3 is 2.44 bits per heavy atom. The summed E-state index contributed by atoms with van der Waals surface area (Å²) in [6, 6.07) is 13.4. The third kappa shape index (κ3) is 4.85. The van der Waals surface area contributed by atoms with E-state index in [1.54, 1.807) is 24.8 Å². The fourth-order valence-electron chi connectivity index (χ4n) is 3.96. The molecule has 2 heterocycles. The quantitative estimate of drug-likeness (QED) is 0.415. The van der Waals surface area contributed by atoms with Crippen molar-refractivity contribution in [3.05, 3.63) is 65.0 Å². The minimum atomic E-state index is -0.0325. The van der Waals surface area contributed by atoms with Gasteiger partial charge in [-0.1, -0.05) is 19.1 Å². The lowest BCUT2D eigenvalue weighted by atomic mass is 10.1. The van der Waals surface area contributed by atoms with Gasteiger partial charge in [-0.2, -0.15) is 4.98 Å². The van der Waals surface area contributed by atoms with Crippen LogP contribution in [0.5, 0.6) is 11.5 Å². The molecule has 0 aliphatic rings. The van der Waals surface area contributed by atoms with Gasteiger partial charge in [0.2, 0.25) is 5.91 Å². The molecule has 0 atom stereocenters. The molecule has 34 heavy (non-hydrogen) atoms. The Balaban J connectivity index is 1.57. The maximum absolute atomic E-state index is 12.6. The van der Waals surface area contributed by atoms with Crippen molar-refractivity contribution < 1.29 is 14.3 Å². The molecule has 8 nitrogen and oxygen atoms in total. The number of rotatable bonds is 8. The Morgan fingerprint density at radius 2 is 1.76 bits per heavy atom. The highest BCUT2D eigenvalue weighted by atomic mass is 16.5. The molecule has 0 saturated heterocycles. The van der Waals surface area contributed by atoms with Crippen molar-refractivity contribution in [2.45, 2.75) is 40.0 Å². The third-order valence-corrected chi connectivity index (χ3v) is 5.88. The number of methoxy groups -OCH3 is 2. The number of fused-ring (bicyclic) bond motifs is 1. The van der Waals surface area contributed by atoms with Gasteiger partial charge >= 0.3 is 0 Å². The first-order valence-corrected chi connectivity index (χ1v) is 11.3. The summed E-state index contributed by atoms with van der Waals surface area (Å²) in [6.45, 7) is 6.01. The average Bonchev–Trinajstić information content (AvgIpc) is 3.28. The van der Waals surface area contributed by atoms with E-state index in [1.165, 1.54) is 5.56 Å². The molecule has 2 aromatic carbocycles. The second-order valence-electron chi connectivity index (χ2n) is 8.11. The van der Waals surface area contributed by atoms with Crippen molar-refractivity contribution in [1.82, 2.24) is 19.6 Å². The summed E-state index contributed by atoms with van der Waals surface area (Å²) in [5.74, 6) is 2.32. The highest BCUT2D eigenvalue weighted by Gasteiger charge is 2.16. The van der Waals surface area contributed by atoms with Crippen LogP contribution in [0.1, 0.15) is 35.9 Å². The average molecular weight is 460 g/mol. The highest BCUT2D eigenvalue weighted by molar-refractivity contribution is 5.90. The molecule has 0 aliphatic heterocycles. The van der Waals surface area contributed by atoms with E-state index >= 15 is 0 Å². The molecule has 0 bridgehead atoms. The molecule has 0 radical (unpaired) electrons. The van der Waals surface area contributed by atoms with E-state index in [-0.39, 0.29) is 5.91 Å². The molecule has 2 aromatic heterocycles. The van der Waals surface area contributed by atoms with Crippen molar-refractivity contribution in [3.8, 4) is 22.9 Å². The Kier molecular flexibility index (Phi) is 6.77. The number of benzene rings is 2. The van der Waals surface area contributed by atoms with Gasteiger partial charge in [-0.15, -0.1) is 5.10 Å². The van der Waals surface area contributed by atoms with Crippen LogP contribution in [-0.4, -0.2) is 39.7 Å². The van der Waals surface area contributed by atoms with E-state index in [0.29, 0.717) is 35.9 Å². The van der Waals surface area contributed by atoms with Crippen molar-refractivity contribution in [2.75, 3.05) is 19.5 Å². The summed E-state index contributed by atoms with van der Waals surface area (Å²) in [5, 5.41) is 7.67. The molecule has 1 N–H and O–H groups in total. The zero-order valence-corrected chi connectivity index (χ0v) is 20.2. The molecule has 0 spiro atoms. The SMILES string of the molecule is CCc1cccc(NC(=O)CCc2c(C)nc3nc(-c4cc(OC)cc(OC)c4)nn3c2C)c1. The molecule has 0 unspecified atom stereocenters. The molecule has 0 fully saturated rings. The first-order valence-electron chi connectivity index (χ1n) is 11.3. The summed E-state index contributed by atoms with van der Waals surface area (Å²) >= 11 is 0. The number of hydrogen-bond donors (Lipinski definition) is 1. The molecule has 1 amide bonds. The van der Waals surface area contributed by atoms with Crippen LogP contribution in [0.3, 0.4) is 0 Å². The van der Waals surface area contributed by atoms with Crippen LogP contribution in [0.25, 0.3) is 17.2 Å². The number of anilines is 1. The summed E-state index contributed by atoms with van der Waals surface area (Å²) in [5.41, 5.74) is 5.53. The first-order chi connectivity index (χ1) is 16.4. The minimum absolute atomic E-state index is 0.0325. The molecule has 176 valence electrons. The number of aromatic nitrogens is 4. The van der Waals surface area contributed by atoms with Crippen molar-refractivity contribution >= 4 is 17.4 Å². The van der Waals surface area contributed by atoms with Gasteiger partial charge in [-0.3, -0.25) is 4.79 Å². The van der Waals surface area contributed by atoms with Crippen LogP contribution in [0, 0.1) is 13.8 Å². The standard InChI is InChI=1S/C26H29N5O3/c1-6-18-8-7-9-20(12-18)28-24(32)11-10-23-16(2)27-26-29-25(30-31(26)17(23)3)19-13-21(33-4)15-22(14-19)34-5/h7-9,12-15H,6,10-11H2,1-5H3,(H,28,32). The normalized spacial score (nSPS) is 11.0. The molecule has 0 saturated carbocycles. The highest BCUT2D eigenvalue weighted by Crippen LogP contribution is 2.28. The lowest BCUT2D eigenvalue weighted by Gasteiger charge is -2.11. The maximum atomic E-state index is 12.6. The van der Waals surface area contributed by atoms with Gasteiger partial charge in [0.25, 0.3) is 5.78 Å². The molecule has 0 aliphatic carbocycles. The van der Waals surface area contributed by atoms with Crippen molar-refractivity contribution in [1.29, 1.82) is 0 Å². The molecule has 4 aromatic rings. The minimum Gasteiger partial charge on any atom is -0.497 e. The second kappa shape index (κ2) is 9.91. The number of nitrogens with one attached hydrogen (secondary N) is 1. The number of nitrogens with zero attached hydrogens (tertiary/aromatic N) is 4. The van der Waals surface area contributed by atoms with Gasteiger partial charge in [-0.05, 0) is 62.1 Å². The number of carbonyl (C=O) groups is 1. The molecular weight excluding hydrogens is 430 g/mol. The smallest absolute Gasteiger partial charge is 0.253 e. The summed E-state index contributed by atoms with van der Waals surface area (Å²) in [7, 11) is 3.21. The fourth-order valence-corrected chi connectivity index (χ4v) is 3.96. The van der Waals surface area contributed by atoms with E-state index in [1.807, 2.05) is 44.2 Å². The Morgan fingerprint density at radius 1 is 1.03 bits per heavy atom. The summed E-state index contributed by atoms with van der Waals surface area (Å²) in [6.07, 6.45) is 1.83. The van der Waals surface area contributed by atoms with Crippen LogP contribution < -0.4 is 14.8 Å². The van der Waals surface area contributed by atoms with Crippen LogP contribution in [0.4, 0.5) is 5.69 Å².